The second kappa shape index (κ2) is 6.10. The summed E-state index contributed by atoms with van der Waals surface area (Å²) in [6.45, 7) is 2.60. The van der Waals surface area contributed by atoms with E-state index in [2.05, 4.69) is 6.07 Å². The van der Waals surface area contributed by atoms with E-state index in [-0.39, 0.29) is 6.04 Å². The topological polar surface area (TPSA) is 40.5 Å². The molecular formula is C17H19NO2S. The zero-order chi connectivity index (χ0) is 14.8. The van der Waals surface area contributed by atoms with Gasteiger partial charge in [0.05, 0.1) is 22.6 Å². The Bertz CT molecular complexity index is 654. The van der Waals surface area contributed by atoms with E-state index in [1.54, 1.807) is 0 Å². The third-order valence-corrected chi connectivity index (χ3v) is 5.39. The SMILES string of the molecule is Cc1ccc(S(=O)CC2c3ccccc3CCN2O)cc1. The molecule has 2 atom stereocenters. The Kier molecular flexibility index (Phi) is 4.19. The Morgan fingerprint density at radius 3 is 2.67 bits per heavy atom. The van der Waals surface area contributed by atoms with Crippen LogP contribution in [0.1, 0.15) is 22.7 Å². The molecule has 110 valence electrons. The van der Waals surface area contributed by atoms with Crippen molar-refractivity contribution in [2.75, 3.05) is 12.3 Å². The Morgan fingerprint density at radius 2 is 1.90 bits per heavy atom. The van der Waals surface area contributed by atoms with Crippen molar-refractivity contribution in [1.82, 2.24) is 5.06 Å². The van der Waals surface area contributed by atoms with Gasteiger partial charge in [-0.2, -0.15) is 5.06 Å². The van der Waals surface area contributed by atoms with Crippen molar-refractivity contribution in [1.29, 1.82) is 0 Å². The van der Waals surface area contributed by atoms with Crippen LogP contribution in [0.3, 0.4) is 0 Å². The number of hydrogen-bond acceptors (Lipinski definition) is 3. The minimum absolute atomic E-state index is 0.197. The van der Waals surface area contributed by atoms with Crippen molar-refractivity contribution in [3.63, 3.8) is 0 Å². The summed E-state index contributed by atoms with van der Waals surface area (Å²) in [6, 6.07) is 15.6. The average Bonchev–Trinajstić information content (AvgIpc) is 2.51. The molecule has 0 radical (unpaired) electrons. The fourth-order valence-corrected chi connectivity index (χ4v) is 4.01. The summed E-state index contributed by atoms with van der Waals surface area (Å²) < 4.78 is 12.6. The molecule has 2 aromatic carbocycles. The number of benzene rings is 2. The van der Waals surface area contributed by atoms with E-state index >= 15 is 0 Å². The van der Waals surface area contributed by atoms with Gasteiger partial charge in [0.2, 0.25) is 0 Å². The molecule has 0 aromatic heterocycles. The molecule has 0 saturated heterocycles. The molecule has 1 heterocycles. The van der Waals surface area contributed by atoms with Gasteiger partial charge in [-0.05, 0) is 36.6 Å². The van der Waals surface area contributed by atoms with E-state index in [0.717, 1.165) is 22.4 Å². The molecule has 3 rings (SSSR count). The van der Waals surface area contributed by atoms with E-state index in [4.69, 9.17) is 0 Å². The lowest BCUT2D eigenvalue weighted by atomic mass is 9.95. The first-order valence-corrected chi connectivity index (χ1v) is 8.45. The van der Waals surface area contributed by atoms with E-state index < -0.39 is 10.8 Å². The van der Waals surface area contributed by atoms with Crippen molar-refractivity contribution in [3.05, 3.63) is 65.2 Å². The van der Waals surface area contributed by atoms with Gasteiger partial charge in [-0.3, -0.25) is 4.21 Å². The molecule has 21 heavy (non-hydrogen) atoms. The number of aryl methyl sites for hydroxylation is 1. The summed E-state index contributed by atoms with van der Waals surface area (Å²) in [4.78, 5) is 0.817. The number of rotatable bonds is 3. The maximum atomic E-state index is 12.6. The molecule has 2 aromatic rings. The zero-order valence-electron chi connectivity index (χ0n) is 12.0. The summed E-state index contributed by atoms with van der Waals surface area (Å²) in [6.07, 6.45) is 0.834. The van der Waals surface area contributed by atoms with Crippen LogP contribution in [0.5, 0.6) is 0 Å². The summed E-state index contributed by atoms with van der Waals surface area (Å²) >= 11 is 0. The van der Waals surface area contributed by atoms with Gasteiger partial charge in [0, 0.05) is 11.4 Å². The second-order valence-corrected chi connectivity index (χ2v) is 6.95. The lowest BCUT2D eigenvalue weighted by Gasteiger charge is -2.32. The third kappa shape index (κ3) is 3.07. The van der Waals surface area contributed by atoms with Crippen molar-refractivity contribution < 1.29 is 9.42 Å². The van der Waals surface area contributed by atoms with Gasteiger partial charge in [-0.25, -0.2) is 0 Å². The molecule has 0 spiro atoms. The summed E-state index contributed by atoms with van der Waals surface area (Å²) in [5.74, 6) is 0.413. The Balaban J connectivity index is 1.84. The van der Waals surface area contributed by atoms with E-state index in [0.29, 0.717) is 12.3 Å². The van der Waals surface area contributed by atoms with Crippen LogP contribution in [0, 0.1) is 6.92 Å². The van der Waals surface area contributed by atoms with Crippen LogP contribution in [0.4, 0.5) is 0 Å². The van der Waals surface area contributed by atoms with Crippen molar-refractivity contribution in [2.45, 2.75) is 24.3 Å². The van der Waals surface area contributed by atoms with Gasteiger partial charge < -0.3 is 5.21 Å². The van der Waals surface area contributed by atoms with Gasteiger partial charge >= 0.3 is 0 Å². The molecule has 1 aliphatic heterocycles. The van der Waals surface area contributed by atoms with Crippen LogP contribution in [-0.2, 0) is 17.2 Å². The van der Waals surface area contributed by atoms with E-state index in [1.807, 2.05) is 49.4 Å². The number of hydroxylamine groups is 2. The molecule has 2 unspecified atom stereocenters. The monoisotopic (exact) mass is 301 g/mol. The summed E-state index contributed by atoms with van der Waals surface area (Å²) in [7, 11) is -1.12. The largest absolute Gasteiger partial charge is 0.313 e. The first-order valence-electron chi connectivity index (χ1n) is 7.13. The van der Waals surface area contributed by atoms with Crippen LogP contribution in [0.25, 0.3) is 0 Å². The highest BCUT2D eigenvalue weighted by atomic mass is 32.2. The van der Waals surface area contributed by atoms with E-state index in [9.17, 15) is 9.42 Å². The number of fused-ring (bicyclic) bond motifs is 1. The fraction of sp³-hybridized carbons (Fsp3) is 0.294. The molecule has 0 amide bonds. The van der Waals surface area contributed by atoms with Crippen LogP contribution >= 0.6 is 0 Å². The van der Waals surface area contributed by atoms with Gasteiger partial charge in [0.25, 0.3) is 0 Å². The lowest BCUT2D eigenvalue weighted by Crippen LogP contribution is -2.35. The van der Waals surface area contributed by atoms with Crippen LogP contribution in [0.2, 0.25) is 0 Å². The molecule has 0 fully saturated rings. The maximum Gasteiger partial charge on any atom is 0.0721 e. The van der Waals surface area contributed by atoms with Crippen molar-refractivity contribution in [3.8, 4) is 0 Å². The molecule has 0 saturated carbocycles. The van der Waals surface area contributed by atoms with Gasteiger partial charge in [-0.1, -0.05) is 42.0 Å². The van der Waals surface area contributed by atoms with Crippen molar-refractivity contribution >= 4 is 10.8 Å². The fourth-order valence-electron chi connectivity index (χ4n) is 2.74. The summed E-state index contributed by atoms with van der Waals surface area (Å²) in [5.41, 5.74) is 3.49. The summed E-state index contributed by atoms with van der Waals surface area (Å²) in [5, 5.41) is 11.5. The quantitative estimate of drug-likeness (QED) is 0.947. The van der Waals surface area contributed by atoms with Crippen LogP contribution in [-0.4, -0.2) is 26.8 Å². The highest BCUT2D eigenvalue weighted by Crippen LogP contribution is 2.29. The molecule has 1 N–H and O–H groups in total. The second-order valence-electron chi connectivity index (χ2n) is 5.45. The molecule has 0 aliphatic carbocycles. The molecule has 0 bridgehead atoms. The smallest absolute Gasteiger partial charge is 0.0721 e. The highest BCUT2D eigenvalue weighted by molar-refractivity contribution is 7.85. The Labute approximate surface area is 127 Å². The molecule has 1 aliphatic rings. The van der Waals surface area contributed by atoms with Gasteiger partial charge in [0.1, 0.15) is 0 Å². The zero-order valence-corrected chi connectivity index (χ0v) is 12.8. The van der Waals surface area contributed by atoms with Crippen LogP contribution < -0.4 is 0 Å². The first-order chi connectivity index (χ1) is 10.1. The predicted molar refractivity (Wildman–Crippen MR) is 83.8 cm³/mol. The minimum Gasteiger partial charge on any atom is -0.313 e. The van der Waals surface area contributed by atoms with Gasteiger partial charge in [0.15, 0.2) is 0 Å². The normalized spacial score (nSPS) is 20.0. The maximum absolute atomic E-state index is 12.6. The van der Waals surface area contributed by atoms with Crippen LogP contribution in [0.15, 0.2) is 53.4 Å². The molecule has 4 heteroatoms. The average molecular weight is 301 g/mol. The Morgan fingerprint density at radius 1 is 1.19 bits per heavy atom. The van der Waals surface area contributed by atoms with E-state index in [1.165, 1.54) is 10.6 Å². The third-order valence-electron chi connectivity index (χ3n) is 3.98. The van der Waals surface area contributed by atoms with Gasteiger partial charge in [-0.15, -0.1) is 0 Å². The lowest BCUT2D eigenvalue weighted by molar-refractivity contribution is -0.126. The Hall–Kier alpha value is -1.49. The number of nitrogens with zero attached hydrogens (tertiary/aromatic N) is 1. The molecular weight excluding hydrogens is 282 g/mol. The minimum atomic E-state index is -1.12. The number of hydrogen-bond donors (Lipinski definition) is 1. The first kappa shape index (κ1) is 14.4. The van der Waals surface area contributed by atoms with Crippen molar-refractivity contribution in [2.24, 2.45) is 0 Å². The predicted octanol–water partition coefficient (Wildman–Crippen LogP) is 3.09. The molecule has 3 nitrogen and oxygen atoms in total. The highest BCUT2D eigenvalue weighted by Gasteiger charge is 2.27. The standard InChI is InChI=1S/C17H19NO2S/c1-13-6-8-15(9-7-13)21(20)12-17-16-5-3-2-4-14(16)10-11-18(17)19/h2-9,17,19H,10-12H2,1H3.